The molecule has 0 radical (unpaired) electrons. The molecule has 0 aliphatic heterocycles. The molecule has 5 heteroatoms. The van der Waals surface area contributed by atoms with Crippen LogP contribution in [0.1, 0.15) is 37.8 Å². The van der Waals surface area contributed by atoms with E-state index in [1.807, 2.05) is 49.4 Å². The quantitative estimate of drug-likeness (QED) is 0.741. The third kappa shape index (κ3) is 5.35. The van der Waals surface area contributed by atoms with E-state index in [-0.39, 0.29) is 18.4 Å². The molecular formula is C20H25N3O2. The first-order chi connectivity index (χ1) is 11.9. The molecule has 0 bridgehead atoms. The van der Waals surface area contributed by atoms with Crippen molar-refractivity contribution < 1.29 is 9.59 Å². The van der Waals surface area contributed by atoms with E-state index in [0.717, 1.165) is 22.6 Å². The number of hydrogen-bond donors (Lipinski definition) is 3. The first kappa shape index (κ1) is 18.5. The standard InChI is InChI=1S/C20H25N3O2/c1-13(2)16-8-10-17(11-9-16)23-20(25)12-21-18-6-5-7-19(14(18)3)22-15(4)24/h5-11,13,21H,12H2,1-4H3,(H,22,24)(H,23,25). The van der Waals surface area contributed by atoms with Crippen LogP contribution in [0.2, 0.25) is 0 Å². The van der Waals surface area contributed by atoms with E-state index in [0.29, 0.717) is 5.92 Å². The molecule has 3 N–H and O–H groups in total. The summed E-state index contributed by atoms with van der Waals surface area (Å²) >= 11 is 0. The van der Waals surface area contributed by atoms with E-state index < -0.39 is 0 Å². The van der Waals surface area contributed by atoms with E-state index in [9.17, 15) is 9.59 Å². The largest absolute Gasteiger partial charge is 0.376 e. The Labute approximate surface area is 148 Å². The summed E-state index contributed by atoms with van der Waals surface area (Å²) in [7, 11) is 0. The van der Waals surface area contributed by atoms with Crippen LogP contribution in [0, 0.1) is 6.92 Å². The van der Waals surface area contributed by atoms with Crippen molar-refractivity contribution >= 4 is 28.9 Å². The number of carbonyl (C=O) groups excluding carboxylic acids is 2. The Morgan fingerprint density at radius 3 is 2.20 bits per heavy atom. The molecular weight excluding hydrogens is 314 g/mol. The summed E-state index contributed by atoms with van der Waals surface area (Å²) in [5, 5.41) is 8.76. The zero-order chi connectivity index (χ0) is 18.4. The van der Waals surface area contributed by atoms with Crippen LogP contribution < -0.4 is 16.0 Å². The van der Waals surface area contributed by atoms with Crippen LogP contribution in [0.4, 0.5) is 17.1 Å². The van der Waals surface area contributed by atoms with Crippen molar-refractivity contribution in [3.63, 3.8) is 0 Å². The smallest absolute Gasteiger partial charge is 0.243 e. The van der Waals surface area contributed by atoms with Crippen molar-refractivity contribution in [3.8, 4) is 0 Å². The molecule has 0 fully saturated rings. The lowest BCUT2D eigenvalue weighted by atomic mass is 10.0. The van der Waals surface area contributed by atoms with Gasteiger partial charge in [-0.25, -0.2) is 0 Å². The Morgan fingerprint density at radius 1 is 0.960 bits per heavy atom. The highest BCUT2D eigenvalue weighted by Gasteiger charge is 2.08. The van der Waals surface area contributed by atoms with Crippen molar-refractivity contribution in [1.82, 2.24) is 0 Å². The third-order valence-corrected chi connectivity index (χ3v) is 3.94. The van der Waals surface area contributed by atoms with E-state index >= 15 is 0 Å². The summed E-state index contributed by atoms with van der Waals surface area (Å²) in [6.45, 7) is 7.79. The molecule has 0 aromatic heterocycles. The molecule has 2 aromatic rings. The van der Waals surface area contributed by atoms with Crippen LogP contribution in [0.5, 0.6) is 0 Å². The van der Waals surface area contributed by atoms with Crippen LogP contribution in [0.15, 0.2) is 42.5 Å². The second-order valence-corrected chi connectivity index (χ2v) is 6.34. The van der Waals surface area contributed by atoms with E-state index in [1.165, 1.54) is 12.5 Å². The molecule has 2 rings (SSSR count). The summed E-state index contributed by atoms with van der Waals surface area (Å²) in [5.41, 5.74) is 4.46. The molecule has 5 nitrogen and oxygen atoms in total. The third-order valence-electron chi connectivity index (χ3n) is 3.94. The fourth-order valence-corrected chi connectivity index (χ4v) is 2.48. The van der Waals surface area contributed by atoms with Gasteiger partial charge in [0.1, 0.15) is 0 Å². The van der Waals surface area contributed by atoms with Crippen LogP contribution in [-0.4, -0.2) is 18.4 Å². The number of nitrogens with one attached hydrogen (secondary N) is 3. The van der Waals surface area contributed by atoms with E-state index in [2.05, 4.69) is 29.8 Å². The number of amides is 2. The molecule has 2 aromatic carbocycles. The average Bonchev–Trinajstić information content (AvgIpc) is 2.56. The molecule has 2 amide bonds. The molecule has 0 unspecified atom stereocenters. The van der Waals surface area contributed by atoms with Gasteiger partial charge in [0.2, 0.25) is 11.8 Å². The zero-order valence-electron chi connectivity index (χ0n) is 15.1. The summed E-state index contributed by atoms with van der Waals surface area (Å²) in [6, 6.07) is 13.4. The molecule has 0 saturated carbocycles. The molecule has 25 heavy (non-hydrogen) atoms. The number of anilines is 3. The lowest BCUT2D eigenvalue weighted by molar-refractivity contribution is -0.115. The predicted molar refractivity (Wildman–Crippen MR) is 103 cm³/mol. The van der Waals surface area contributed by atoms with Gasteiger partial charge in [0.25, 0.3) is 0 Å². The maximum Gasteiger partial charge on any atom is 0.243 e. The van der Waals surface area contributed by atoms with Crippen LogP contribution in [0.3, 0.4) is 0 Å². The molecule has 0 saturated heterocycles. The van der Waals surface area contributed by atoms with Crippen molar-refractivity contribution in [2.75, 3.05) is 22.5 Å². The van der Waals surface area contributed by atoms with E-state index in [1.54, 1.807) is 0 Å². The van der Waals surface area contributed by atoms with Crippen molar-refractivity contribution in [2.45, 2.75) is 33.6 Å². The topological polar surface area (TPSA) is 70.2 Å². The van der Waals surface area contributed by atoms with Crippen molar-refractivity contribution in [2.24, 2.45) is 0 Å². The van der Waals surface area contributed by atoms with Crippen LogP contribution in [0.25, 0.3) is 0 Å². The molecule has 0 atom stereocenters. The Morgan fingerprint density at radius 2 is 1.60 bits per heavy atom. The minimum Gasteiger partial charge on any atom is -0.376 e. The Kier molecular flexibility index (Phi) is 6.17. The molecule has 0 spiro atoms. The molecule has 132 valence electrons. The summed E-state index contributed by atoms with van der Waals surface area (Å²) in [6.07, 6.45) is 0. The van der Waals surface area contributed by atoms with Crippen LogP contribution in [-0.2, 0) is 9.59 Å². The minimum atomic E-state index is -0.123. The Bertz CT molecular complexity index is 752. The normalized spacial score (nSPS) is 10.4. The fraction of sp³-hybridized carbons (Fsp3) is 0.300. The number of benzene rings is 2. The first-order valence-corrected chi connectivity index (χ1v) is 8.37. The predicted octanol–water partition coefficient (Wildman–Crippen LogP) is 4.13. The Balaban J connectivity index is 1.94. The Hall–Kier alpha value is -2.82. The van der Waals surface area contributed by atoms with Gasteiger partial charge in [-0.1, -0.05) is 32.0 Å². The SMILES string of the molecule is CC(=O)Nc1cccc(NCC(=O)Nc2ccc(C(C)C)cc2)c1C. The average molecular weight is 339 g/mol. The van der Waals surface area contributed by atoms with E-state index in [4.69, 9.17) is 0 Å². The fourth-order valence-electron chi connectivity index (χ4n) is 2.48. The van der Waals surface area contributed by atoms with Crippen LogP contribution >= 0.6 is 0 Å². The molecule has 0 aliphatic rings. The van der Waals surface area contributed by atoms with Gasteiger partial charge < -0.3 is 16.0 Å². The maximum absolute atomic E-state index is 12.1. The second kappa shape index (κ2) is 8.33. The van der Waals surface area contributed by atoms with Gasteiger partial charge in [0.15, 0.2) is 0 Å². The molecule has 0 heterocycles. The van der Waals surface area contributed by atoms with Gasteiger partial charge in [0, 0.05) is 24.0 Å². The first-order valence-electron chi connectivity index (χ1n) is 8.37. The van der Waals surface area contributed by atoms with Crippen molar-refractivity contribution in [3.05, 3.63) is 53.6 Å². The summed E-state index contributed by atoms with van der Waals surface area (Å²) in [5.74, 6) is 0.217. The molecule has 0 aliphatic carbocycles. The van der Waals surface area contributed by atoms with Gasteiger partial charge >= 0.3 is 0 Å². The van der Waals surface area contributed by atoms with Gasteiger partial charge in [0.05, 0.1) is 6.54 Å². The summed E-state index contributed by atoms with van der Waals surface area (Å²) in [4.78, 5) is 23.4. The van der Waals surface area contributed by atoms with Gasteiger partial charge in [-0.15, -0.1) is 0 Å². The monoisotopic (exact) mass is 339 g/mol. The second-order valence-electron chi connectivity index (χ2n) is 6.34. The van der Waals surface area contributed by atoms with Gasteiger partial charge in [-0.05, 0) is 48.2 Å². The highest BCUT2D eigenvalue weighted by atomic mass is 16.2. The zero-order valence-corrected chi connectivity index (χ0v) is 15.1. The van der Waals surface area contributed by atoms with Gasteiger partial charge in [-0.2, -0.15) is 0 Å². The van der Waals surface area contributed by atoms with Gasteiger partial charge in [-0.3, -0.25) is 9.59 Å². The highest BCUT2D eigenvalue weighted by Crippen LogP contribution is 2.23. The maximum atomic E-state index is 12.1. The summed E-state index contributed by atoms with van der Waals surface area (Å²) < 4.78 is 0. The number of carbonyl (C=O) groups is 2. The number of rotatable bonds is 6. The highest BCUT2D eigenvalue weighted by molar-refractivity contribution is 5.94. The lowest BCUT2D eigenvalue weighted by Gasteiger charge is -2.14. The lowest BCUT2D eigenvalue weighted by Crippen LogP contribution is -2.22. The van der Waals surface area contributed by atoms with Crippen molar-refractivity contribution in [1.29, 1.82) is 0 Å². The minimum absolute atomic E-state index is 0.122. The number of hydrogen-bond acceptors (Lipinski definition) is 3.